The van der Waals surface area contributed by atoms with Crippen LogP contribution in [0.5, 0.6) is 0 Å². The second-order valence-corrected chi connectivity index (χ2v) is 5.16. The van der Waals surface area contributed by atoms with Crippen LogP contribution < -0.4 is 0 Å². The lowest BCUT2D eigenvalue weighted by Crippen LogP contribution is -1.83. The summed E-state index contributed by atoms with van der Waals surface area (Å²) in [5.74, 6) is 0. The molecule has 0 radical (unpaired) electrons. The summed E-state index contributed by atoms with van der Waals surface area (Å²) in [5.41, 5.74) is 2.00. The SMILES string of the molecule is N#Cc1ccc(-c2cc(Cl)c(Cl)c(Cl)c2)c(Cl)c1. The molecule has 0 saturated carbocycles. The normalized spacial score (nSPS) is 10.2. The Morgan fingerprint density at radius 2 is 1.44 bits per heavy atom. The highest BCUT2D eigenvalue weighted by Crippen LogP contribution is 2.37. The molecule has 0 aromatic heterocycles. The van der Waals surface area contributed by atoms with Gasteiger partial charge in [0.1, 0.15) is 0 Å². The Morgan fingerprint density at radius 1 is 0.833 bits per heavy atom. The van der Waals surface area contributed by atoms with Gasteiger partial charge in [0.05, 0.1) is 26.7 Å². The highest BCUT2D eigenvalue weighted by Gasteiger charge is 2.10. The minimum atomic E-state index is 0.312. The van der Waals surface area contributed by atoms with E-state index in [9.17, 15) is 0 Å². The average Bonchev–Trinajstić information content (AvgIpc) is 2.35. The first kappa shape index (κ1) is 13.5. The van der Waals surface area contributed by atoms with Crippen LogP contribution in [0.1, 0.15) is 5.56 Å². The summed E-state index contributed by atoms with van der Waals surface area (Å²) < 4.78 is 0. The predicted molar refractivity (Wildman–Crippen MR) is 76.6 cm³/mol. The van der Waals surface area contributed by atoms with E-state index in [1.807, 2.05) is 6.07 Å². The summed E-state index contributed by atoms with van der Waals surface area (Å²) >= 11 is 23.9. The molecule has 0 heterocycles. The third-order valence-corrected chi connectivity index (χ3v) is 3.90. The summed E-state index contributed by atoms with van der Waals surface area (Å²) in [5, 5.41) is 10.3. The fraction of sp³-hybridized carbons (Fsp3) is 0. The van der Waals surface area contributed by atoms with Gasteiger partial charge < -0.3 is 0 Å². The standard InChI is InChI=1S/C13H5Cl4N/c14-10-3-7(6-18)1-2-9(10)8-4-11(15)13(17)12(16)5-8/h1-5H. The van der Waals surface area contributed by atoms with E-state index in [-0.39, 0.29) is 0 Å². The molecule has 2 aromatic rings. The first-order valence-corrected chi connectivity index (χ1v) is 6.38. The van der Waals surface area contributed by atoms with Gasteiger partial charge in [-0.1, -0.05) is 52.5 Å². The average molecular weight is 317 g/mol. The Labute approximate surface area is 124 Å². The highest BCUT2D eigenvalue weighted by molar-refractivity contribution is 6.48. The van der Waals surface area contributed by atoms with Crippen molar-refractivity contribution in [3.8, 4) is 17.2 Å². The first-order valence-electron chi connectivity index (χ1n) is 4.87. The summed E-state index contributed by atoms with van der Waals surface area (Å²) in [4.78, 5) is 0. The molecule has 90 valence electrons. The van der Waals surface area contributed by atoms with E-state index >= 15 is 0 Å². The molecule has 0 aliphatic heterocycles. The Morgan fingerprint density at radius 3 is 1.94 bits per heavy atom. The number of hydrogen-bond acceptors (Lipinski definition) is 1. The molecule has 0 amide bonds. The lowest BCUT2D eigenvalue weighted by molar-refractivity contribution is 1.48. The lowest BCUT2D eigenvalue weighted by atomic mass is 10.0. The number of rotatable bonds is 1. The van der Waals surface area contributed by atoms with Crippen LogP contribution in [-0.2, 0) is 0 Å². The molecule has 0 aliphatic rings. The quantitative estimate of drug-likeness (QED) is 0.606. The topological polar surface area (TPSA) is 23.8 Å². The molecule has 0 spiro atoms. The maximum absolute atomic E-state index is 8.78. The molecule has 0 unspecified atom stereocenters. The molecule has 2 rings (SSSR count). The van der Waals surface area contributed by atoms with Gasteiger partial charge in [-0.3, -0.25) is 0 Å². The summed E-state index contributed by atoms with van der Waals surface area (Å²) in [7, 11) is 0. The zero-order chi connectivity index (χ0) is 13.3. The highest BCUT2D eigenvalue weighted by atomic mass is 35.5. The van der Waals surface area contributed by atoms with Crippen molar-refractivity contribution in [2.24, 2.45) is 0 Å². The van der Waals surface area contributed by atoms with Gasteiger partial charge in [0.25, 0.3) is 0 Å². The molecule has 18 heavy (non-hydrogen) atoms. The van der Waals surface area contributed by atoms with Gasteiger partial charge in [-0.15, -0.1) is 0 Å². The van der Waals surface area contributed by atoms with Crippen LogP contribution in [0.2, 0.25) is 20.1 Å². The number of nitriles is 1. The summed E-state index contributed by atoms with van der Waals surface area (Å²) in [6, 6.07) is 10.4. The van der Waals surface area contributed by atoms with E-state index in [1.54, 1.807) is 30.3 Å². The predicted octanol–water partition coefficient (Wildman–Crippen LogP) is 5.84. The van der Waals surface area contributed by atoms with Gasteiger partial charge in [0, 0.05) is 10.6 Å². The van der Waals surface area contributed by atoms with Crippen molar-refractivity contribution in [3.63, 3.8) is 0 Å². The van der Waals surface area contributed by atoms with Crippen molar-refractivity contribution in [2.75, 3.05) is 0 Å². The molecule has 2 aromatic carbocycles. The van der Waals surface area contributed by atoms with Crippen molar-refractivity contribution in [3.05, 3.63) is 56.0 Å². The van der Waals surface area contributed by atoms with E-state index < -0.39 is 0 Å². The van der Waals surface area contributed by atoms with E-state index in [4.69, 9.17) is 51.7 Å². The Balaban J connectivity index is 2.60. The molecule has 0 fully saturated rings. The maximum Gasteiger partial charge on any atom is 0.0992 e. The van der Waals surface area contributed by atoms with Gasteiger partial charge >= 0.3 is 0 Å². The first-order chi connectivity index (χ1) is 8.52. The fourth-order valence-corrected chi connectivity index (χ4v) is 2.42. The van der Waals surface area contributed by atoms with Crippen molar-refractivity contribution in [1.29, 1.82) is 5.26 Å². The molecule has 0 aliphatic carbocycles. The van der Waals surface area contributed by atoms with Gasteiger partial charge in [-0.25, -0.2) is 0 Å². The van der Waals surface area contributed by atoms with Crippen LogP contribution in [-0.4, -0.2) is 0 Å². The lowest BCUT2D eigenvalue weighted by Gasteiger charge is -2.08. The second kappa shape index (κ2) is 5.38. The third-order valence-electron chi connectivity index (χ3n) is 2.39. The van der Waals surface area contributed by atoms with Gasteiger partial charge in [0.15, 0.2) is 0 Å². The van der Waals surface area contributed by atoms with Crippen molar-refractivity contribution < 1.29 is 0 Å². The largest absolute Gasteiger partial charge is 0.192 e. The molecule has 0 saturated heterocycles. The van der Waals surface area contributed by atoms with Crippen LogP contribution >= 0.6 is 46.4 Å². The van der Waals surface area contributed by atoms with Gasteiger partial charge in [-0.05, 0) is 29.8 Å². The van der Waals surface area contributed by atoms with Crippen molar-refractivity contribution >= 4 is 46.4 Å². The number of nitrogens with zero attached hydrogens (tertiary/aromatic N) is 1. The van der Waals surface area contributed by atoms with E-state index in [0.29, 0.717) is 25.7 Å². The summed E-state index contributed by atoms with van der Waals surface area (Å²) in [6.07, 6.45) is 0. The van der Waals surface area contributed by atoms with Gasteiger partial charge in [0.2, 0.25) is 0 Å². The molecular formula is C13H5Cl4N. The van der Waals surface area contributed by atoms with Crippen LogP contribution in [0, 0.1) is 11.3 Å². The number of benzene rings is 2. The molecular weight excluding hydrogens is 312 g/mol. The summed E-state index contributed by atoms with van der Waals surface area (Å²) in [6.45, 7) is 0. The van der Waals surface area contributed by atoms with Crippen LogP contribution in [0.25, 0.3) is 11.1 Å². The minimum absolute atomic E-state index is 0.312. The van der Waals surface area contributed by atoms with Crippen LogP contribution in [0.3, 0.4) is 0 Å². The minimum Gasteiger partial charge on any atom is -0.192 e. The zero-order valence-electron chi connectivity index (χ0n) is 8.85. The third kappa shape index (κ3) is 2.58. The van der Waals surface area contributed by atoms with Crippen LogP contribution in [0.4, 0.5) is 0 Å². The van der Waals surface area contributed by atoms with E-state index in [0.717, 1.165) is 11.1 Å². The molecule has 0 bridgehead atoms. The number of halogens is 4. The molecule has 0 N–H and O–H groups in total. The Hall–Kier alpha value is -0.910. The van der Waals surface area contributed by atoms with Crippen molar-refractivity contribution in [2.45, 2.75) is 0 Å². The van der Waals surface area contributed by atoms with E-state index in [1.165, 1.54) is 0 Å². The zero-order valence-corrected chi connectivity index (χ0v) is 11.9. The Kier molecular flexibility index (Phi) is 4.04. The molecule has 5 heteroatoms. The smallest absolute Gasteiger partial charge is 0.0992 e. The Bertz CT molecular complexity index is 636. The second-order valence-electron chi connectivity index (χ2n) is 3.56. The number of hydrogen-bond donors (Lipinski definition) is 0. The van der Waals surface area contributed by atoms with Crippen molar-refractivity contribution in [1.82, 2.24) is 0 Å². The molecule has 1 nitrogen and oxygen atoms in total. The van der Waals surface area contributed by atoms with E-state index in [2.05, 4.69) is 0 Å². The van der Waals surface area contributed by atoms with Gasteiger partial charge in [-0.2, -0.15) is 5.26 Å². The molecule has 0 atom stereocenters. The van der Waals surface area contributed by atoms with Crippen LogP contribution in [0.15, 0.2) is 30.3 Å². The maximum atomic E-state index is 8.78. The monoisotopic (exact) mass is 315 g/mol. The fourth-order valence-electron chi connectivity index (χ4n) is 1.53.